The van der Waals surface area contributed by atoms with Crippen LogP contribution in [0.1, 0.15) is 23.6 Å². The molecule has 3 aromatic carbocycles. The Kier molecular flexibility index (Phi) is 9.95. The van der Waals surface area contributed by atoms with E-state index in [2.05, 4.69) is 5.32 Å². The van der Waals surface area contributed by atoms with Crippen molar-refractivity contribution in [2.45, 2.75) is 19.0 Å². The number of ether oxygens (including phenoxy) is 2. The molecule has 0 radical (unpaired) electrons. The summed E-state index contributed by atoms with van der Waals surface area (Å²) in [6.07, 6.45) is 0.673. The summed E-state index contributed by atoms with van der Waals surface area (Å²) < 4.78 is 10.8. The molecule has 0 heterocycles. The number of hydrogen-bond donors (Lipinski definition) is 1. The van der Waals surface area contributed by atoms with E-state index < -0.39 is 6.04 Å². The molecule has 3 rings (SSSR count). The smallest absolute Gasteiger partial charge is 0.261 e. The minimum atomic E-state index is -0.828. The first-order valence-corrected chi connectivity index (χ1v) is 11.5. The van der Waals surface area contributed by atoms with Crippen LogP contribution in [-0.2, 0) is 20.9 Å². The highest BCUT2D eigenvalue weighted by Gasteiger charge is 2.31. The molecule has 3 aromatic rings. The number of methoxy groups -OCH3 is 1. The molecule has 0 fully saturated rings. The normalized spacial score (nSPS) is 11.5. The quantitative estimate of drug-likeness (QED) is 0.383. The predicted octanol–water partition coefficient (Wildman–Crippen LogP) is 4.64. The fraction of sp³-hybridized carbons (Fsp3) is 0.259. The van der Waals surface area contributed by atoms with Crippen molar-refractivity contribution in [2.24, 2.45) is 0 Å². The van der Waals surface area contributed by atoms with Crippen LogP contribution in [0.5, 0.6) is 5.75 Å². The number of nitrogens with one attached hydrogen (secondary N) is 1. The Balaban J connectivity index is 1.88. The van der Waals surface area contributed by atoms with Gasteiger partial charge in [0.2, 0.25) is 5.91 Å². The first-order valence-electron chi connectivity index (χ1n) is 11.1. The van der Waals surface area contributed by atoms with Crippen molar-refractivity contribution in [3.05, 3.63) is 101 Å². The molecule has 0 saturated carbocycles. The van der Waals surface area contributed by atoms with Gasteiger partial charge in [0.15, 0.2) is 6.61 Å². The van der Waals surface area contributed by atoms with Crippen LogP contribution in [0.25, 0.3) is 0 Å². The highest BCUT2D eigenvalue weighted by atomic mass is 35.5. The van der Waals surface area contributed by atoms with Crippen molar-refractivity contribution in [1.82, 2.24) is 10.2 Å². The maximum atomic E-state index is 13.5. The third-order valence-electron chi connectivity index (χ3n) is 5.20. The lowest BCUT2D eigenvalue weighted by molar-refractivity contribution is -0.143. The van der Waals surface area contributed by atoms with Crippen molar-refractivity contribution in [2.75, 3.05) is 26.9 Å². The Morgan fingerprint density at radius 3 is 2.26 bits per heavy atom. The van der Waals surface area contributed by atoms with Crippen LogP contribution in [0, 0.1) is 0 Å². The van der Waals surface area contributed by atoms with Gasteiger partial charge < -0.3 is 19.7 Å². The van der Waals surface area contributed by atoms with E-state index in [1.807, 2.05) is 60.7 Å². The molecule has 0 spiro atoms. The van der Waals surface area contributed by atoms with Gasteiger partial charge in [-0.15, -0.1) is 0 Å². The number of benzene rings is 3. The van der Waals surface area contributed by atoms with E-state index in [-0.39, 0.29) is 25.0 Å². The van der Waals surface area contributed by atoms with Crippen molar-refractivity contribution >= 4 is 23.4 Å². The third-order valence-corrected chi connectivity index (χ3v) is 5.52. The lowest BCUT2D eigenvalue weighted by atomic mass is 10.0. The number of hydrogen-bond acceptors (Lipinski definition) is 4. The molecule has 0 saturated heterocycles. The molecule has 6 nitrogen and oxygen atoms in total. The third kappa shape index (κ3) is 7.33. The number of rotatable bonds is 12. The molecule has 2 amide bonds. The SMILES string of the molecule is COCCCNC(=O)C(c1ccccc1)N(Cc1ccccc1)C(=O)COc1ccccc1Cl. The first kappa shape index (κ1) is 25.3. The second-order valence-electron chi connectivity index (χ2n) is 7.68. The number of para-hydroxylation sites is 1. The highest BCUT2D eigenvalue weighted by molar-refractivity contribution is 6.32. The maximum Gasteiger partial charge on any atom is 0.261 e. The minimum absolute atomic E-state index is 0.247. The average molecular weight is 481 g/mol. The predicted molar refractivity (Wildman–Crippen MR) is 133 cm³/mol. The van der Waals surface area contributed by atoms with Gasteiger partial charge >= 0.3 is 0 Å². The van der Waals surface area contributed by atoms with Crippen LogP contribution in [0.4, 0.5) is 0 Å². The van der Waals surface area contributed by atoms with Gasteiger partial charge in [-0.2, -0.15) is 0 Å². The second-order valence-corrected chi connectivity index (χ2v) is 8.08. The molecule has 0 aliphatic rings. The number of nitrogens with zero attached hydrogens (tertiary/aromatic N) is 1. The van der Waals surface area contributed by atoms with Gasteiger partial charge in [0.05, 0.1) is 5.02 Å². The molecule has 0 bridgehead atoms. The van der Waals surface area contributed by atoms with E-state index in [4.69, 9.17) is 21.1 Å². The van der Waals surface area contributed by atoms with Crippen molar-refractivity contribution in [3.63, 3.8) is 0 Å². The first-order chi connectivity index (χ1) is 16.6. The summed E-state index contributed by atoms with van der Waals surface area (Å²) >= 11 is 6.18. The van der Waals surface area contributed by atoms with Gasteiger partial charge in [-0.25, -0.2) is 0 Å². The fourth-order valence-corrected chi connectivity index (χ4v) is 3.71. The summed E-state index contributed by atoms with van der Waals surface area (Å²) in [5.74, 6) is -0.175. The zero-order valence-electron chi connectivity index (χ0n) is 19.2. The molecule has 1 N–H and O–H groups in total. The summed E-state index contributed by atoms with van der Waals surface area (Å²) in [6.45, 7) is 0.974. The van der Waals surface area contributed by atoms with Gasteiger partial charge in [-0.3, -0.25) is 9.59 Å². The van der Waals surface area contributed by atoms with Crippen LogP contribution in [-0.4, -0.2) is 43.6 Å². The van der Waals surface area contributed by atoms with E-state index in [9.17, 15) is 9.59 Å². The molecule has 1 atom stereocenters. The Morgan fingerprint density at radius 2 is 1.59 bits per heavy atom. The molecular weight excluding hydrogens is 452 g/mol. The number of carbonyl (C=O) groups is 2. The lowest BCUT2D eigenvalue weighted by Gasteiger charge is -2.31. The molecule has 7 heteroatoms. The standard InChI is InChI=1S/C27H29ClN2O4/c1-33-18-10-17-29-27(32)26(22-13-6-3-7-14-22)30(19-21-11-4-2-5-12-21)25(31)20-34-24-16-9-8-15-23(24)28/h2-9,11-16,26H,10,17-20H2,1H3,(H,29,32). The van der Waals surface area contributed by atoms with E-state index in [1.54, 1.807) is 36.3 Å². The summed E-state index contributed by atoms with van der Waals surface area (Å²) in [7, 11) is 1.62. The number of halogens is 1. The van der Waals surface area contributed by atoms with Crippen LogP contribution < -0.4 is 10.1 Å². The van der Waals surface area contributed by atoms with Crippen molar-refractivity contribution in [1.29, 1.82) is 0 Å². The average Bonchev–Trinajstić information content (AvgIpc) is 2.87. The monoisotopic (exact) mass is 480 g/mol. The van der Waals surface area contributed by atoms with Crippen molar-refractivity contribution < 1.29 is 19.1 Å². The molecule has 178 valence electrons. The van der Waals surface area contributed by atoms with Crippen LogP contribution in [0.2, 0.25) is 5.02 Å². The van der Waals surface area contributed by atoms with Gasteiger partial charge in [-0.1, -0.05) is 84.4 Å². The van der Waals surface area contributed by atoms with Gasteiger partial charge in [-0.05, 0) is 29.7 Å². The van der Waals surface area contributed by atoms with E-state index >= 15 is 0 Å². The summed E-state index contributed by atoms with van der Waals surface area (Å²) in [6, 6.07) is 25.0. The molecule has 1 unspecified atom stereocenters. The Hall–Kier alpha value is -3.35. The topological polar surface area (TPSA) is 67.9 Å². The van der Waals surface area contributed by atoms with Gasteiger partial charge in [0, 0.05) is 26.8 Å². The summed E-state index contributed by atoms with van der Waals surface area (Å²) in [5, 5.41) is 3.36. The van der Waals surface area contributed by atoms with E-state index in [0.29, 0.717) is 35.9 Å². The molecule has 0 aliphatic heterocycles. The van der Waals surface area contributed by atoms with Gasteiger partial charge in [0.1, 0.15) is 11.8 Å². The number of amides is 2. The number of carbonyl (C=O) groups excluding carboxylic acids is 2. The van der Waals surface area contributed by atoms with Crippen molar-refractivity contribution in [3.8, 4) is 5.75 Å². The summed E-state index contributed by atoms with van der Waals surface area (Å²) in [4.78, 5) is 28.4. The zero-order valence-corrected chi connectivity index (χ0v) is 19.9. The maximum absolute atomic E-state index is 13.5. The Morgan fingerprint density at radius 1 is 0.941 bits per heavy atom. The van der Waals surface area contributed by atoms with Gasteiger partial charge in [0.25, 0.3) is 5.91 Å². The Labute approximate surface area is 205 Å². The highest BCUT2D eigenvalue weighted by Crippen LogP contribution is 2.26. The molecule has 0 aliphatic carbocycles. The van der Waals surface area contributed by atoms with E-state index in [1.165, 1.54) is 0 Å². The molecule has 34 heavy (non-hydrogen) atoms. The van der Waals surface area contributed by atoms with Crippen LogP contribution in [0.3, 0.4) is 0 Å². The van der Waals surface area contributed by atoms with Crippen LogP contribution >= 0.6 is 11.6 Å². The zero-order chi connectivity index (χ0) is 24.2. The summed E-state index contributed by atoms with van der Waals surface area (Å²) in [5.41, 5.74) is 1.62. The largest absolute Gasteiger partial charge is 0.482 e. The van der Waals surface area contributed by atoms with E-state index in [0.717, 1.165) is 5.56 Å². The lowest BCUT2D eigenvalue weighted by Crippen LogP contribution is -2.45. The second kappa shape index (κ2) is 13.4. The fourth-order valence-electron chi connectivity index (χ4n) is 3.52. The minimum Gasteiger partial charge on any atom is -0.482 e. The molecular formula is C27H29ClN2O4. The molecule has 0 aromatic heterocycles. The van der Waals surface area contributed by atoms with Crippen LogP contribution in [0.15, 0.2) is 84.9 Å². The Bertz CT molecular complexity index is 1050.